The third-order valence-corrected chi connectivity index (χ3v) is 8.43. The Kier molecular flexibility index (Phi) is 9.74. The van der Waals surface area contributed by atoms with E-state index < -0.39 is 5.97 Å². The Balaban J connectivity index is 1.35. The van der Waals surface area contributed by atoms with Crippen molar-refractivity contribution in [1.29, 1.82) is 0 Å². The molecule has 0 unspecified atom stereocenters. The lowest BCUT2D eigenvalue weighted by atomic mass is 10.1. The maximum Gasteiger partial charge on any atom is 0.303 e. The molecule has 2 aliphatic heterocycles. The molecule has 0 atom stereocenters. The first-order chi connectivity index (χ1) is 18.4. The van der Waals surface area contributed by atoms with Crippen molar-refractivity contribution in [3.63, 3.8) is 0 Å². The summed E-state index contributed by atoms with van der Waals surface area (Å²) in [5, 5.41) is 8.69. The van der Waals surface area contributed by atoms with E-state index in [9.17, 15) is 14.4 Å². The summed E-state index contributed by atoms with van der Waals surface area (Å²) in [5.41, 5.74) is 4.26. The molecule has 8 heteroatoms. The minimum absolute atomic E-state index is 0.157. The second-order valence-electron chi connectivity index (χ2n) is 9.90. The molecule has 2 aliphatic rings. The number of carbonyl (C=O) groups is 3. The zero-order valence-electron chi connectivity index (χ0n) is 21.8. The van der Waals surface area contributed by atoms with Gasteiger partial charge in [-0.15, -0.1) is 0 Å². The molecule has 2 aromatic carbocycles. The zero-order chi connectivity index (χ0) is 27.1. The van der Waals surface area contributed by atoms with Crippen molar-refractivity contribution in [2.75, 3.05) is 11.4 Å². The molecule has 1 saturated heterocycles. The van der Waals surface area contributed by atoms with Crippen molar-refractivity contribution in [3.8, 4) is 0 Å². The number of carboxylic acids is 1. The van der Waals surface area contributed by atoms with E-state index in [4.69, 9.17) is 17.3 Å². The van der Waals surface area contributed by atoms with Crippen LogP contribution < -0.4 is 4.90 Å². The van der Waals surface area contributed by atoms with Gasteiger partial charge in [-0.1, -0.05) is 111 Å². The second-order valence-corrected chi connectivity index (χ2v) is 11.5. The lowest BCUT2D eigenvalue weighted by molar-refractivity contribution is -0.137. The number of fused-ring (bicyclic) bond motifs is 1. The molecule has 1 N–H and O–H groups in total. The van der Waals surface area contributed by atoms with E-state index in [-0.39, 0.29) is 18.2 Å². The zero-order valence-corrected chi connectivity index (χ0v) is 23.4. The van der Waals surface area contributed by atoms with Crippen molar-refractivity contribution in [3.05, 3.63) is 70.1 Å². The van der Waals surface area contributed by atoms with Crippen molar-refractivity contribution >= 4 is 57.3 Å². The Morgan fingerprint density at radius 3 is 2.16 bits per heavy atom. The fraction of sp³-hybridized carbons (Fsp3) is 0.400. The standard InChI is InChI=1S/C30H34N2O4S2/c1-21-15-17-22(18-16-21)20-32-24-13-10-9-12-23(24)26(28(32)35)27-29(36)31(30(37)38-27)19-11-7-5-3-2-4-6-8-14-25(33)34/h9-10,12-13,15-18H,2-8,11,14,19-20H2,1H3,(H,33,34)/b27-26+. The van der Waals surface area contributed by atoms with Crippen molar-refractivity contribution in [1.82, 2.24) is 4.90 Å². The maximum absolute atomic E-state index is 13.7. The Hall–Kier alpha value is -2.97. The number of aryl methyl sites for hydroxylation is 1. The maximum atomic E-state index is 13.7. The number of unbranched alkanes of at least 4 members (excludes halogenated alkanes) is 7. The number of benzene rings is 2. The normalized spacial score (nSPS) is 17.0. The quantitative estimate of drug-likeness (QED) is 0.170. The van der Waals surface area contributed by atoms with Gasteiger partial charge in [0.05, 0.1) is 22.7 Å². The number of carboxylic acid groups (broad SMARTS) is 1. The number of nitrogens with zero attached hydrogens (tertiary/aromatic N) is 2. The lowest BCUT2D eigenvalue weighted by Crippen LogP contribution is -2.30. The smallest absolute Gasteiger partial charge is 0.303 e. The first kappa shape index (κ1) is 28.0. The molecular formula is C30H34N2O4S2. The van der Waals surface area contributed by atoms with Crippen LogP contribution in [0.1, 0.15) is 74.5 Å². The van der Waals surface area contributed by atoms with E-state index in [0.717, 1.165) is 68.2 Å². The van der Waals surface area contributed by atoms with Gasteiger partial charge < -0.3 is 10.0 Å². The summed E-state index contributed by atoms with van der Waals surface area (Å²) in [6.07, 6.45) is 8.17. The fourth-order valence-electron chi connectivity index (χ4n) is 4.88. The number of thioether (sulfide) groups is 1. The molecule has 0 aromatic heterocycles. The van der Waals surface area contributed by atoms with Crippen LogP contribution >= 0.6 is 24.0 Å². The van der Waals surface area contributed by atoms with E-state index in [1.165, 1.54) is 17.3 Å². The Labute approximate surface area is 234 Å². The molecule has 2 heterocycles. The highest BCUT2D eigenvalue weighted by atomic mass is 32.2. The van der Waals surface area contributed by atoms with Gasteiger partial charge in [0.15, 0.2) is 0 Å². The second kappa shape index (κ2) is 13.2. The predicted molar refractivity (Wildman–Crippen MR) is 157 cm³/mol. The van der Waals surface area contributed by atoms with Crippen LogP contribution in [-0.4, -0.2) is 38.7 Å². The minimum Gasteiger partial charge on any atom is -0.481 e. The molecule has 0 saturated carbocycles. The van der Waals surface area contributed by atoms with Crippen molar-refractivity contribution < 1.29 is 19.5 Å². The molecule has 2 aromatic rings. The highest BCUT2D eigenvalue weighted by Gasteiger charge is 2.41. The summed E-state index contributed by atoms with van der Waals surface area (Å²) >= 11 is 6.80. The number of aliphatic carboxylic acids is 1. The van der Waals surface area contributed by atoms with Crippen LogP contribution in [0, 0.1) is 6.92 Å². The van der Waals surface area contributed by atoms with Gasteiger partial charge in [0, 0.05) is 18.5 Å². The molecule has 38 heavy (non-hydrogen) atoms. The summed E-state index contributed by atoms with van der Waals surface area (Å²) < 4.78 is 0.512. The lowest BCUT2D eigenvalue weighted by Gasteiger charge is -2.17. The molecule has 0 aliphatic carbocycles. The average molecular weight is 551 g/mol. The number of anilines is 1. The SMILES string of the molecule is Cc1ccc(CN2C(=O)/C(=C3/SC(=S)N(CCCCCCCCCCC(=O)O)C3=O)c3ccccc32)cc1. The van der Waals surface area contributed by atoms with Crippen LogP contribution in [0.2, 0.25) is 0 Å². The number of hydrogen-bond donors (Lipinski definition) is 1. The molecule has 200 valence electrons. The summed E-state index contributed by atoms with van der Waals surface area (Å²) in [6.45, 7) is 3.04. The van der Waals surface area contributed by atoms with Gasteiger partial charge >= 0.3 is 5.97 Å². The number of hydrogen-bond acceptors (Lipinski definition) is 5. The van der Waals surface area contributed by atoms with Gasteiger partial charge in [-0.05, 0) is 31.4 Å². The van der Waals surface area contributed by atoms with Crippen LogP contribution in [0.5, 0.6) is 0 Å². The first-order valence-corrected chi connectivity index (χ1v) is 14.6. The van der Waals surface area contributed by atoms with Gasteiger partial charge in [0.2, 0.25) is 0 Å². The Morgan fingerprint density at radius 2 is 1.47 bits per heavy atom. The average Bonchev–Trinajstić information content (AvgIpc) is 3.33. The molecule has 2 amide bonds. The van der Waals surface area contributed by atoms with Gasteiger partial charge in [0.25, 0.3) is 11.8 Å². The van der Waals surface area contributed by atoms with Crippen LogP contribution in [-0.2, 0) is 20.9 Å². The third kappa shape index (κ3) is 6.72. The van der Waals surface area contributed by atoms with Crippen molar-refractivity contribution in [2.45, 2.75) is 71.3 Å². The number of thiocarbonyl (C=S) groups is 1. The molecule has 1 fully saturated rings. The van der Waals surface area contributed by atoms with Crippen LogP contribution in [0.3, 0.4) is 0 Å². The minimum atomic E-state index is -0.725. The predicted octanol–water partition coefficient (Wildman–Crippen LogP) is 6.71. The summed E-state index contributed by atoms with van der Waals surface area (Å²) in [5.74, 6) is -1.05. The van der Waals surface area contributed by atoms with Gasteiger partial charge in [-0.2, -0.15) is 0 Å². The fourth-order valence-corrected chi connectivity index (χ4v) is 6.26. The Morgan fingerprint density at radius 1 is 0.842 bits per heavy atom. The van der Waals surface area contributed by atoms with E-state index >= 15 is 0 Å². The largest absolute Gasteiger partial charge is 0.481 e. The van der Waals surface area contributed by atoms with E-state index in [2.05, 4.69) is 0 Å². The molecule has 0 radical (unpaired) electrons. The van der Waals surface area contributed by atoms with Gasteiger partial charge in [-0.3, -0.25) is 19.3 Å². The number of carbonyl (C=O) groups excluding carboxylic acids is 2. The van der Waals surface area contributed by atoms with E-state index in [0.29, 0.717) is 27.9 Å². The van der Waals surface area contributed by atoms with Crippen molar-refractivity contribution in [2.24, 2.45) is 0 Å². The summed E-state index contributed by atoms with van der Waals surface area (Å²) in [4.78, 5) is 41.5. The highest BCUT2D eigenvalue weighted by Crippen LogP contribution is 2.45. The molecule has 0 bridgehead atoms. The van der Waals surface area contributed by atoms with Crippen LogP contribution in [0.4, 0.5) is 5.69 Å². The third-order valence-electron chi connectivity index (χ3n) is 6.98. The summed E-state index contributed by atoms with van der Waals surface area (Å²) in [6, 6.07) is 15.8. The molecular weight excluding hydrogens is 516 g/mol. The van der Waals surface area contributed by atoms with Crippen LogP contribution in [0.25, 0.3) is 5.57 Å². The molecule has 0 spiro atoms. The highest BCUT2D eigenvalue weighted by molar-refractivity contribution is 8.26. The Bertz CT molecular complexity index is 1240. The van der Waals surface area contributed by atoms with E-state index in [1.54, 1.807) is 9.80 Å². The number of para-hydroxylation sites is 1. The monoisotopic (exact) mass is 550 g/mol. The van der Waals surface area contributed by atoms with Crippen LogP contribution in [0.15, 0.2) is 53.4 Å². The molecule has 4 rings (SSSR count). The first-order valence-electron chi connectivity index (χ1n) is 13.3. The number of rotatable bonds is 13. The van der Waals surface area contributed by atoms with Gasteiger partial charge in [-0.25, -0.2) is 0 Å². The topological polar surface area (TPSA) is 77.9 Å². The number of amides is 2. The molecule has 6 nitrogen and oxygen atoms in total. The summed E-state index contributed by atoms with van der Waals surface area (Å²) in [7, 11) is 0. The van der Waals surface area contributed by atoms with Gasteiger partial charge in [0.1, 0.15) is 4.32 Å². The van der Waals surface area contributed by atoms with E-state index in [1.807, 2.05) is 55.5 Å².